The van der Waals surface area contributed by atoms with E-state index in [1.807, 2.05) is 0 Å². The van der Waals surface area contributed by atoms with Gasteiger partial charge in [0.1, 0.15) is 0 Å². The van der Waals surface area contributed by atoms with E-state index in [1.165, 1.54) is 32.8 Å². The standard InChI is InChI=1S/C18H30O2/c1-3-4-5-6-7-8-9-10-11-12-13-14-15-16-17-18(19)20-2/h7-8,10-11,13-14H,3-6,9,12,15-17H2,1-2H3. The van der Waals surface area contributed by atoms with Crippen molar-refractivity contribution in [3.63, 3.8) is 0 Å². The summed E-state index contributed by atoms with van der Waals surface area (Å²) in [5.74, 6) is -0.121. The Bertz CT molecular complexity index is 301. The molecule has 0 aliphatic heterocycles. The van der Waals surface area contributed by atoms with Gasteiger partial charge in [-0.1, -0.05) is 56.2 Å². The molecule has 0 fully saturated rings. The SMILES string of the molecule is CCCCCC=CCC=CCC=CCCCC(=O)OC. The van der Waals surface area contributed by atoms with Crippen LogP contribution in [-0.2, 0) is 9.53 Å². The summed E-state index contributed by atoms with van der Waals surface area (Å²) in [6.45, 7) is 2.23. The molecule has 0 N–H and O–H groups in total. The average molecular weight is 278 g/mol. The number of ether oxygens (including phenoxy) is 1. The van der Waals surface area contributed by atoms with E-state index in [0.717, 1.165) is 25.7 Å². The van der Waals surface area contributed by atoms with E-state index in [0.29, 0.717) is 6.42 Å². The zero-order chi connectivity index (χ0) is 14.9. The maximum Gasteiger partial charge on any atom is 0.305 e. The minimum Gasteiger partial charge on any atom is -0.469 e. The molecule has 0 aromatic rings. The molecular formula is C18H30O2. The van der Waals surface area contributed by atoms with E-state index in [1.54, 1.807) is 0 Å². The lowest BCUT2D eigenvalue weighted by Crippen LogP contribution is -1.98. The molecule has 0 aliphatic rings. The predicted octanol–water partition coefficient (Wildman–Crippen LogP) is 5.36. The van der Waals surface area contributed by atoms with Crippen molar-refractivity contribution in [1.29, 1.82) is 0 Å². The Labute approximate surface area is 124 Å². The van der Waals surface area contributed by atoms with Crippen molar-refractivity contribution in [2.45, 2.75) is 64.7 Å². The van der Waals surface area contributed by atoms with Crippen LogP contribution in [0.15, 0.2) is 36.5 Å². The summed E-state index contributed by atoms with van der Waals surface area (Å²) < 4.78 is 4.58. The second-order valence-electron chi connectivity index (χ2n) is 4.85. The van der Waals surface area contributed by atoms with Gasteiger partial charge < -0.3 is 4.74 Å². The number of carbonyl (C=O) groups excluding carboxylic acids is 1. The predicted molar refractivity (Wildman–Crippen MR) is 86.7 cm³/mol. The fraction of sp³-hybridized carbons (Fsp3) is 0.611. The van der Waals surface area contributed by atoms with E-state index >= 15 is 0 Å². The Morgan fingerprint density at radius 3 is 1.95 bits per heavy atom. The molecule has 20 heavy (non-hydrogen) atoms. The maximum absolute atomic E-state index is 10.9. The molecule has 2 heteroatoms. The van der Waals surface area contributed by atoms with Gasteiger partial charge in [-0.2, -0.15) is 0 Å². The molecule has 0 bridgehead atoms. The van der Waals surface area contributed by atoms with E-state index in [4.69, 9.17) is 0 Å². The summed E-state index contributed by atoms with van der Waals surface area (Å²) >= 11 is 0. The summed E-state index contributed by atoms with van der Waals surface area (Å²) in [7, 11) is 1.43. The van der Waals surface area contributed by atoms with Crippen LogP contribution in [0.5, 0.6) is 0 Å². The lowest BCUT2D eigenvalue weighted by molar-refractivity contribution is -0.140. The summed E-state index contributed by atoms with van der Waals surface area (Å²) in [6.07, 6.45) is 22.7. The van der Waals surface area contributed by atoms with Gasteiger partial charge in [0.2, 0.25) is 0 Å². The smallest absolute Gasteiger partial charge is 0.305 e. The molecule has 0 amide bonds. The second-order valence-corrected chi connectivity index (χ2v) is 4.85. The molecule has 0 aromatic carbocycles. The quantitative estimate of drug-likeness (QED) is 0.273. The molecule has 0 aromatic heterocycles. The number of hydrogen-bond acceptors (Lipinski definition) is 2. The van der Waals surface area contributed by atoms with Crippen molar-refractivity contribution in [2.75, 3.05) is 7.11 Å². The fourth-order valence-electron chi connectivity index (χ4n) is 1.76. The molecule has 2 nitrogen and oxygen atoms in total. The first-order valence-electron chi connectivity index (χ1n) is 7.83. The lowest BCUT2D eigenvalue weighted by Gasteiger charge is -1.95. The number of esters is 1. The van der Waals surface area contributed by atoms with Crippen LogP contribution in [0, 0.1) is 0 Å². The number of rotatable bonds is 12. The highest BCUT2D eigenvalue weighted by atomic mass is 16.5. The zero-order valence-corrected chi connectivity index (χ0v) is 13.1. The number of allylic oxidation sites excluding steroid dienone is 6. The number of unbranched alkanes of at least 4 members (excludes halogenated alkanes) is 4. The van der Waals surface area contributed by atoms with Crippen LogP contribution >= 0.6 is 0 Å². The van der Waals surface area contributed by atoms with Crippen molar-refractivity contribution in [3.8, 4) is 0 Å². The van der Waals surface area contributed by atoms with Crippen molar-refractivity contribution >= 4 is 5.97 Å². The highest BCUT2D eigenvalue weighted by Gasteiger charge is 1.96. The van der Waals surface area contributed by atoms with Crippen molar-refractivity contribution in [1.82, 2.24) is 0 Å². The van der Waals surface area contributed by atoms with Gasteiger partial charge in [0.05, 0.1) is 7.11 Å². The van der Waals surface area contributed by atoms with Crippen LogP contribution < -0.4 is 0 Å². The van der Waals surface area contributed by atoms with Crippen LogP contribution in [-0.4, -0.2) is 13.1 Å². The molecular weight excluding hydrogens is 248 g/mol. The van der Waals surface area contributed by atoms with Gasteiger partial charge in [0.25, 0.3) is 0 Å². The van der Waals surface area contributed by atoms with Crippen molar-refractivity contribution in [2.24, 2.45) is 0 Å². The maximum atomic E-state index is 10.9. The summed E-state index contributed by atoms with van der Waals surface area (Å²) in [5, 5.41) is 0. The normalized spacial score (nSPS) is 11.9. The van der Waals surface area contributed by atoms with Gasteiger partial charge in [0.15, 0.2) is 0 Å². The Kier molecular flexibility index (Phi) is 14.7. The zero-order valence-electron chi connectivity index (χ0n) is 13.1. The van der Waals surface area contributed by atoms with Crippen LogP contribution in [0.4, 0.5) is 0 Å². The van der Waals surface area contributed by atoms with Gasteiger partial charge >= 0.3 is 5.97 Å². The molecule has 0 saturated heterocycles. The Hall–Kier alpha value is -1.31. The molecule has 0 aliphatic carbocycles. The Morgan fingerprint density at radius 2 is 1.40 bits per heavy atom. The number of carbonyl (C=O) groups is 1. The molecule has 0 saturated carbocycles. The molecule has 0 spiro atoms. The average Bonchev–Trinajstić information content (AvgIpc) is 2.47. The summed E-state index contributed by atoms with van der Waals surface area (Å²) in [5.41, 5.74) is 0. The van der Waals surface area contributed by atoms with Crippen LogP contribution in [0.25, 0.3) is 0 Å². The van der Waals surface area contributed by atoms with E-state index in [-0.39, 0.29) is 5.97 Å². The first-order chi connectivity index (χ1) is 9.81. The van der Waals surface area contributed by atoms with Gasteiger partial charge in [-0.25, -0.2) is 0 Å². The highest BCUT2D eigenvalue weighted by molar-refractivity contribution is 5.68. The van der Waals surface area contributed by atoms with E-state index < -0.39 is 0 Å². The molecule has 0 radical (unpaired) electrons. The van der Waals surface area contributed by atoms with E-state index in [2.05, 4.69) is 48.1 Å². The monoisotopic (exact) mass is 278 g/mol. The highest BCUT2D eigenvalue weighted by Crippen LogP contribution is 2.01. The van der Waals surface area contributed by atoms with Gasteiger partial charge in [-0.15, -0.1) is 0 Å². The first-order valence-corrected chi connectivity index (χ1v) is 7.83. The fourth-order valence-corrected chi connectivity index (χ4v) is 1.76. The molecule has 0 heterocycles. The topological polar surface area (TPSA) is 26.3 Å². The van der Waals surface area contributed by atoms with Crippen LogP contribution in [0.1, 0.15) is 64.7 Å². The molecule has 114 valence electrons. The summed E-state index contributed by atoms with van der Waals surface area (Å²) in [4.78, 5) is 10.9. The van der Waals surface area contributed by atoms with Crippen LogP contribution in [0.3, 0.4) is 0 Å². The third-order valence-corrected chi connectivity index (χ3v) is 3.00. The van der Waals surface area contributed by atoms with Crippen molar-refractivity contribution < 1.29 is 9.53 Å². The molecule has 0 atom stereocenters. The van der Waals surface area contributed by atoms with Gasteiger partial charge in [-0.05, 0) is 38.5 Å². The minimum absolute atomic E-state index is 0.121. The number of methoxy groups -OCH3 is 1. The van der Waals surface area contributed by atoms with Crippen LogP contribution in [0.2, 0.25) is 0 Å². The van der Waals surface area contributed by atoms with Gasteiger partial charge in [0, 0.05) is 6.42 Å². The third kappa shape index (κ3) is 14.7. The summed E-state index contributed by atoms with van der Waals surface area (Å²) in [6, 6.07) is 0. The molecule has 0 rings (SSSR count). The first kappa shape index (κ1) is 18.7. The Morgan fingerprint density at radius 1 is 0.850 bits per heavy atom. The third-order valence-electron chi connectivity index (χ3n) is 3.00. The lowest BCUT2D eigenvalue weighted by atomic mass is 10.2. The number of hydrogen-bond donors (Lipinski definition) is 0. The minimum atomic E-state index is -0.121. The second kappa shape index (κ2) is 15.7. The van der Waals surface area contributed by atoms with Crippen molar-refractivity contribution in [3.05, 3.63) is 36.5 Å². The largest absolute Gasteiger partial charge is 0.469 e. The molecule has 0 unspecified atom stereocenters. The Balaban J connectivity index is 3.36. The van der Waals surface area contributed by atoms with Gasteiger partial charge in [-0.3, -0.25) is 4.79 Å². The van der Waals surface area contributed by atoms with E-state index in [9.17, 15) is 4.79 Å².